The summed E-state index contributed by atoms with van der Waals surface area (Å²) >= 11 is 0. The van der Waals surface area contributed by atoms with Gasteiger partial charge in [-0.3, -0.25) is 0 Å². The summed E-state index contributed by atoms with van der Waals surface area (Å²) in [6.45, 7) is 6.11. The van der Waals surface area contributed by atoms with Crippen LogP contribution < -0.4 is 15.8 Å². The van der Waals surface area contributed by atoms with E-state index in [1.807, 2.05) is 49.4 Å². The van der Waals surface area contributed by atoms with E-state index in [1.54, 1.807) is 4.90 Å². The van der Waals surface area contributed by atoms with Gasteiger partial charge in [0.25, 0.3) is 0 Å². The number of carbonyl (C=O) groups is 1. The molecule has 0 atom stereocenters. The monoisotopic (exact) mass is 341 g/mol. The van der Waals surface area contributed by atoms with E-state index in [2.05, 4.69) is 18.3 Å². The Morgan fingerprint density at radius 2 is 1.88 bits per heavy atom. The van der Waals surface area contributed by atoms with Crippen LogP contribution in [0.2, 0.25) is 0 Å². The number of nitrogens with one attached hydrogen (secondary N) is 1. The molecule has 0 heterocycles. The zero-order valence-corrected chi connectivity index (χ0v) is 15.0. The fraction of sp³-hybridized carbons (Fsp3) is 0.350. The predicted molar refractivity (Wildman–Crippen MR) is 102 cm³/mol. The number of nitrogens with zero attached hydrogens (tertiary/aromatic N) is 1. The van der Waals surface area contributed by atoms with Crippen LogP contribution in [0.5, 0.6) is 5.75 Å². The van der Waals surface area contributed by atoms with Crippen molar-refractivity contribution in [3.8, 4) is 5.75 Å². The molecule has 0 radical (unpaired) electrons. The number of likely N-dealkylation sites (N-methyl/N-ethyl adjacent to an activating group) is 1. The Bertz CT molecular complexity index is 688. The molecule has 0 aliphatic rings. The fourth-order valence-electron chi connectivity index (χ4n) is 2.51. The van der Waals surface area contributed by atoms with Gasteiger partial charge in [-0.05, 0) is 48.7 Å². The smallest absolute Gasteiger partial charge is 0.321 e. The lowest BCUT2D eigenvalue weighted by molar-refractivity contribution is 0.198. The molecule has 0 unspecified atom stereocenters. The second-order valence-electron chi connectivity index (χ2n) is 5.76. The van der Waals surface area contributed by atoms with Gasteiger partial charge >= 0.3 is 6.03 Å². The maximum Gasteiger partial charge on any atom is 0.321 e. The van der Waals surface area contributed by atoms with Crippen molar-refractivity contribution in [3.05, 3.63) is 59.7 Å². The lowest BCUT2D eigenvalue weighted by Crippen LogP contribution is -2.37. The largest absolute Gasteiger partial charge is 0.492 e. The summed E-state index contributed by atoms with van der Waals surface area (Å²) in [5, 5.41) is 2.91. The third-order valence-electron chi connectivity index (χ3n) is 4.02. The number of urea groups is 1. The van der Waals surface area contributed by atoms with Crippen LogP contribution in [-0.4, -0.2) is 30.6 Å². The Morgan fingerprint density at radius 3 is 2.60 bits per heavy atom. The molecular weight excluding hydrogens is 314 g/mol. The minimum atomic E-state index is -0.136. The number of aryl methyl sites for hydroxylation is 1. The molecule has 0 saturated heterocycles. The Balaban J connectivity index is 1.86. The standard InChI is InChI=1S/C20H27N3O2/c1-3-16-7-6-10-19(14-16)25-12-11-23(4-2)20(24)22-18-9-5-8-17(13-18)15-21/h5-10,13-14H,3-4,11-12,15,21H2,1-2H3,(H,22,24). The van der Waals surface area contributed by atoms with Crippen LogP contribution in [0.4, 0.5) is 10.5 Å². The number of amides is 2. The number of hydrogen-bond donors (Lipinski definition) is 2. The quantitative estimate of drug-likeness (QED) is 0.770. The van der Waals surface area contributed by atoms with Crippen molar-refractivity contribution in [2.24, 2.45) is 5.73 Å². The van der Waals surface area contributed by atoms with E-state index < -0.39 is 0 Å². The summed E-state index contributed by atoms with van der Waals surface area (Å²) in [4.78, 5) is 14.1. The van der Waals surface area contributed by atoms with Crippen LogP contribution >= 0.6 is 0 Å². The Morgan fingerprint density at radius 1 is 1.12 bits per heavy atom. The molecular formula is C20H27N3O2. The minimum Gasteiger partial charge on any atom is -0.492 e. The number of anilines is 1. The second-order valence-corrected chi connectivity index (χ2v) is 5.76. The van der Waals surface area contributed by atoms with Crippen molar-refractivity contribution in [1.82, 2.24) is 4.90 Å². The van der Waals surface area contributed by atoms with Crippen LogP contribution in [-0.2, 0) is 13.0 Å². The van der Waals surface area contributed by atoms with Crippen LogP contribution in [0.3, 0.4) is 0 Å². The molecule has 0 spiro atoms. The van der Waals surface area contributed by atoms with E-state index in [9.17, 15) is 4.79 Å². The Kier molecular flexibility index (Phi) is 7.29. The number of ether oxygens (including phenoxy) is 1. The predicted octanol–water partition coefficient (Wildman–Crippen LogP) is 3.64. The molecule has 0 aliphatic carbocycles. The van der Waals surface area contributed by atoms with Crippen molar-refractivity contribution < 1.29 is 9.53 Å². The first-order chi connectivity index (χ1) is 12.2. The highest BCUT2D eigenvalue weighted by Gasteiger charge is 2.12. The van der Waals surface area contributed by atoms with E-state index in [0.29, 0.717) is 26.2 Å². The van der Waals surface area contributed by atoms with Crippen LogP contribution in [0.15, 0.2) is 48.5 Å². The molecule has 0 bridgehead atoms. The third kappa shape index (κ3) is 5.80. The van der Waals surface area contributed by atoms with Gasteiger partial charge in [0.2, 0.25) is 0 Å². The third-order valence-corrected chi connectivity index (χ3v) is 4.02. The molecule has 3 N–H and O–H groups in total. The molecule has 2 aromatic carbocycles. The molecule has 2 amide bonds. The van der Waals surface area contributed by atoms with Gasteiger partial charge in [-0.25, -0.2) is 4.79 Å². The number of rotatable bonds is 8. The Labute approximate surface area is 149 Å². The van der Waals surface area contributed by atoms with E-state index >= 15 is 0 Å². The molecule has 5 nitrogen and oxygen atoms in total. The normalized spacial score (nSPS) is 10.4. The van der Waals surface area contributed by atoms with Crippen LogP contribution in [0.1, 0.15) is 25.0 Å². The fourth-order valence-corrected chi connectivity index (χ4v) is 2.51. The van der Waals surface area contributed by atoms with Gasteiger partial charge in [-0.2, -0.15) is 0 Å². The minimum absolute atomic E-state index is 0.136. The topological polar surface area (TPSA) is 67.6 Å². The van der Waals surface area contributed by atoms with Gasteiger partial charge in [0, 0.05) is 18.8 Å². The van der Waals surface area contributed by atoms with Crippen LogP contribution in [0, 0.1) is 0 Å². The summed E-state index contributed by atoms with van der Waals surface area (Å²) in [7, 11) is 0. The summed E-state index contributed by atoms with van der Waals surface area (Å²) in [5.74, 6) is 0.839. The lowest BCUT2D eigenvalue weighted by Gasteiger charge is -2.21. The van der Waals surface area contributed by atoms with Crippen molar-refractivity contribution in [1.29, 1.82) is 0 Å². The number of carbonyl (C=O) groups excluding carboxylic acids is 1. The molecule has 0 aliphatic heterocycles. The average molecular weight is 341 g/mol. The zero-order chi connectivity index (χ0) is 18.1. The van der Waals surface area contributed by atoms with Crippen LogP contribution in [0.25, 0.3) is 0 Å². The van der Waals surface area contributed by atoms with Gasteiger partial charge in [0.05, 0.1) is 6.54 Å². The summed E-state index contributed by atoms with van der Waals surface area (Å²) < 4.78 is 5.78. The van der Waals surface area contributed by atoms with Gasteiger partial charge in [0.15, 0.2) is 0 Å². The van der Waals surface area contributed by atoms with E-state index in [1.165, 1.54) is 5.56 Å². The van der Waals surface area contributed by atoms with Gasteiger partial charge < -0.3 is 20.7 Å². The van der Waals surface area contributed by atoms with Crippen molar-refractivity contribution in [2.45, 2.75) is 26.8 Å². The second kappa shape index (κ2) is 9.69. The summed E-state index contributed by atoms with van der Waals surface area (Å²) in [6, 6.07) is 15.5. The molecule has 0 aromatic heterocycles. The van der Waals surface area contributed by atoms with Crippen molar-refractivity contribution in [2.75, 3.05) is 25.0 Å². The Hall–Kier alpha value is -2.53. The van der Waals surface area contributed by atoms with Gasteiger partial charge in [0.1, 0.15) is 12.4 Å². The highest BCUT2D eigenvalue weighted by atomic mass is 16.5. The first-order valence-electron chi connectivity index (χ1n) is 8.73. The first kappa shape index (κ1) is 18.8. The molecule has 0 fully saturated rings. The lowest BCUT2D eigenvalue weighted by atomic mass is 10.2. The molecule has 25 heavy (non-hydrogen) atoms. The van der Waals surface area contributed by atoms with E-state index in [4.69, 9.17) is 10.5 Å². The highest BCUT2D eigenvalue weighted by Crippen LogP contribution is 2.14. The SMILES string of the molecule is CCc1cccc(OCCN(CC)C(=O)Nc2cccc(CN)c2)c1. The van der Waals surface area contributed by atoms with Crippen molar-refractivity contribution in [3.63, 3.8) is 0 Å². The molecule has 2 rings (SSSR count). The summed E-state index contributed by atoms with van der Waals surface area (Å²) in [5.41, 5.74) is 8.61. The number of benzene rings is 2. The maximum absolute atomic E-state index is 12.4. The number of hydrogen-bond acceptors (Lipinski definition) is 3. The molecule has 2 aromatic rings. The van der Waals surface area contributed by atoms with E-state index in [0.717, 1.165) is 23.4 Å². The maximum atomic E-state index is 12.4. The summed E-state index contributed by atoms with van der Waals surface area (Å²) in [6.07, 6.45) is 0.975. The molecule has 134 valence electrons. The highest BCUT2D eigenvalue weighted by molar-refractivity contribution is 5.89. The van der Waals surface area contributed by atoms with Gasteiger partial charge in [-0.15, -0.1) is 0 Å². The average Bonchev–Trinajstić information content (AvgIpc) is 2.65. The molecule has 0 saturated carbocycles. The van der Waals surface area contributed by atoms with E-state index in [-0.39, 0.29) is 6.03 Å². The van der Waals surface area contributed by atoms with Crippen molar-refractivity contribution >= 4 is 11.7 Å². The first-order valence-corrected chi connectivity index (χ1v) is 8.73. The zero-order valence-electron chi connectivity index (χ0n) is 15.0. The molecule has 5 heteroatoms. The van der Waals surface area contributed by atoms with Gasteiger partial charge in [-0.1, -0.05) is 31.2 Å². The number of nitrogens with two attached hydrogens (primary N) is 1.